The zero-order chi connectivity index (χ0) is 7.44. The van der Waals surface area contributed by atoms with E-state index in [0.717, 1.165) is 0 Å². The molecule has 4 nitrogen and oxygen atoms in total. The van der Waals surface area contributed by atoms with Crippen molar-refractivity contribution in [2.75, 3.05) is 0 Å². The second kappa shape index (κ2) is 3.65. The van der Waals surface area contributed by atoms with Crippen molar-refractivity contribution in [3.8, 4) is 0 Å². The van der Waals surface area contributed by atoms with Crippen molar-refractivity contribution in [2.24, 2.45) is 5.73 Å². The molecule has 1 unspecified atom stereocenters. The zero-order valence-corrected chi connectivity index (χ0v) is 7.01. The lowest BCUT2D eigenvalue weighted by Gasteiger charge is -1.99. The van der Waals surface area contributed by atoms with Crippen LogP contribution in [-0.2, 0) is 4.79 Å². The van der Waals surface area contributed by atoms with Crippen molar-refractivity contribution in [2.45, 2.75) is 10.8 Å². The Bertz CT molecular complexity index is 135. The van der Waals surface area contributed by atoms with Crippen LogP contribution in [0.15, 0.2) is 0 Å². The molecule has 3 amide bonds. The van der Waals surface area contributed by atoms with Gasteiger partial charge in [-0.1, -0.05) is 22.6 Å². The van der Waals surface area contributed by atoms with Gasteiger partial charge < -0.3 is 5.73 Å². The maximum Gasteiger partial charge on any atom is 0.318 e. The van der Waals surface area contributed by atoms with Crippen LogP contribution < -0.4 is 11.1 Å². The highest BCUT2D eigenvalue weighted by atomic mass is 127. The lowest BCUT2D eigenvalue weighted by atomic mass is 10.5. The number of carbonyl (C=O) groups is 2. The Morgan fingerprint density at radius 1 is 1.67 bits per heavy atom. The van der Waals surface area contributed by atoms with Gasteiger partial charge >= 0.3 is 6.03 Å². The van der Waals surface area contributed by atoms with Crippen LogP contribution in [0.3, 0.4) is 0 Å². The van der Waals surface area contributed by atoms with Gasteiger partial charge in [-0.2, -0.15) is 0 Å². The van der Waals surface area contributed by atoms with E-state index in [1.165, 1.54) is 0 Å². The topological polar surface area (TPSA) is 72.2 Å². The van der Waals surface area contributed by atoms with E-state index in [9.17, 15) is 9.59 Å². The van der Waals surface area contributed by atoms with Crippen LogP contribution in [0.25, 0.3) is 0 Å². The van der Waals surface area contributed by atoms with Crippen LogP contribution in [-0.4, -0.2) is 15.9 Å². The minimum atomic E-state index is -0.802. The summed E-state index contributed by atoms with van der Waals surface area (Å²) >= 11 is 1.88. The fraction of sp³-hybridized carbons (Fsp3) is 0.500. The molecule has 9 heavy (non-hydrogen) atoms. The van der Waals surface area contributed by atoms with E-state index in [4.69, 9.17) is 0 Å². The highest BCUT2D eigenvalue weighted by Gasteiger charge is 2.08. The first kappa shape index (κ1) is 8.67. The molecule has 0 aliphatic heterocycles. The fourth-order valence-electron chi connectivity index (χ4n) is 0.221. The molecule has 0 aliphatic carbocycles. The van der Waals surface area contributed by atoms with Crippen molar-refractivity contribution >= 4 is 34.5 Å². The Balaban J connectivity index is 3.64. The molecule has 0 aromatic heterocycles. The lowest BCUT2D eigenvalue weighted by Crippen LogP contribution is -2.38. The van der Waals surface area contributed by atoms with Gasteiger partial charge in [-0.05, 0) is 6.92 Å². The Morgan fingerprint density at radius 3 is 2.22 bits per heavy atom. The Labute approximate surface area is 66.3 Å². The Hall–Kier alpha value is -0.330. The quantitative estimate of drug-likeness (QED) is 0.502. The summed E-state index contributed by atoms with van der Waals surface area (Å²) in [4.78, 5) is 20.5. The molecule has 0 aliphatic rings. The predicted octanol–water partition coefficient (Wildman–Crippen LogP) is 0.00480. The van der Waals surface area contributed by atoms with Gasteiger partial charge in [-0.25, -0.2) is 4.79 Å². The fourth-order valence-corrected chi connectivity index (χ4v) is 0.377. The number of nitrogens with two attached hydrogens (primary N) is 1. The van der Waals surface area contributed by atoms with Gasteiger partial charge in [0.05, 0.1) is 3.92 Å². The summed E-state index contributed by atoms with van der Waals surface area (Å²) in [5.74, 6) is -0.358. The average molecular weight is 242 g/mol. The number of carbonyl (C=O) groups excluding carboxylic acids is 2. The third-order valence-corrected chi connectivity index (χ3v) is 1.17. The van der Waals surface area contributed by atoms with E-state index < -0.39 is 6.03 Å². The summed E-state index contributed by atoms with van der Waals surface area (Å²) in [6.45, 7) is 1.67. The Morgan fingerprint density at radius 2 is 2.11 bits per heavy atom. The SMILES string of the molecule is CC(I)C(=O)NC(N)=O. The highest BCUT2D eigenvalue weighted by Crippen LogP contribution is 1.96. The first-order valence-electron chi connectivity index (χ1n) is 2.28. The third kappa shape index (κ3) is 4.19. The molecule has 0 spiro atoms. The zero-order valence-electron chi connectivity index (χ0n) is 4.85. The molecule has 0 aromatic rings. The van der Waals surface area contributed by atoms with E-state index in [1.54, 1.807) is 6.92 Å². The predicted molar refractivity (Wildman–Crippen MR) is 41.2 cm³/mol. The van der Waals surface area contributed by atoms with Crippen LogP contribution >= 0.6 is 22.6 Å². The molecular formula is C4H7IN2O2. The molecule has 0 bridgehead atoms. The van der Waals surface area contributed by atoms with Crippen LogP contribution in [0.2, 0.25) is 0 Å². The van der Waals surface area contributed by atoms with Gasteiger partial charge in [0.15, 0.2) is 0 Å². The maximum atomic E-state index is 10.5. The van der Waals surface area contributed by atoms with E-state index in [2.05, 4.69) is 5.73 Å². The molecule has 0 radical (unpaired) electrons. The minimum absolute atomic E-state index is 0.227. The monoisotopic (exact) mass is 242 g/mol. The number of hydrogen-bond acceptors (Lipinski definition) is 2. The third-order valence-electron chi connectivity index (χ3n) is 0.608. The standard InChI is InChI=1S/C4H7IN2O2/c1-2(5)3(8)7-4(6)9/h2H,1H3,(H3,6,7,8,9). The lowest BCUT2D eigenvalue weighted by molar-refractivity contribution is -0.118. The Kier molecular flexibility index (Phi) is 3.52. The molecule has 3 N–H and O–H groups in total. The van der Waals surface area contributed by atoms with Gasteiger partial charge in [0.1, 0.15) is 0 Å². The molecule has 0 fully saturated rings. The summed E-state index contributed by atoms with van der Waals surface area (Å²) in [7, 11) is 0. The summed E-state index contributed by atoms with van der Waals surface area (Å²) in [5.41, 5.74) is 4.66. The normalized spacial score (nSPS) is 12.2. The largest absolute Gasteiger partial charge is 0.351 e. The number of hydrogen-bond donors (Lipinski definition) is 2. The van der Waals surface area contributed by atoms with Crippen molar-refractivity contribution in [1.29, 1.82) is 0 Å². The van der Waals surface area contributed by atoms with Crippen LogP contribution in [0.5, 0.6) is 0 Å². The number of urea groups is 1. The number of rotatable bonds is 1. The molecule has 1 atom stereocenters. The van der Waals surface area contributed by atoms with Crippen molar-refractivity contribution < 1.29 is 9.59 Å². The maximum absolute atomic E-state index is 10.5. The molecule has 0 heterocycles. The van der Waals surface area contributed by atoms with E-state index in [-0.39, 0.29) is 9.83 Å². The smallest absolute Gasteiger partial charge is 0.318 e. The second-order valence-corrected chi connectivity index (χ2v) is 3.34. The van der Waals surface area contributed by atoms with E-state index in [1.807, 2.05) is 27.9 Å². The van der Waals surface area contributed by atoms with E-state index >= 15 is 0 Å². The van der Waals surface area contributed by atoms with Crippen molar-refractivity contribution in [3.05, 3.63) is 0 Å². The van der Waals surface area contributed by atoms with Gasteiger partial charge in [0, 0.05) is 0 Å². The average Bonchev–Trinajstić information content (AvgIpc) is 1.63. The molecule has 0 saturated carbocycles. The van der Waals surface area contributed by atoms with Crippen LogP contribution in [0.4, 0.5) is 4.79 Å². The van der Waals surface area contributed by atoms with Crippen molar-refractivity contribution in [3.63, 3.8) is 0 Å². The van der Waals surface area contributed by atoms with Gasteiger partial charge in [-0.15, -0.1) is 0 Å². The first-order chi connectivity index (χ1) is 4.04. The van der Waals surface area contributed by atoms with E-state index in [0.29, 0.717) is 0 Å². The number of amides is 3. The highest BCUT2D eigenvalue weighted by molar-refractivity contribution is 14.1. The summed E-state index contributed by atoms with van der Waals surface area (Å²) in [6.07, 6.45) is 0. The number of imide groups is 1. The molecule has 52 valence electrons. The van der Waals surface area contributed by atoms with Gasteiger partial charge in [0.2, 0.25) is 5.91 Å². The number of halogens is 1. The number of alkyl halides is 1. The summed E-state index contributed by atoms with van der Waals surface area (Å²) in [5, 5.41) is 1.93. The van der Waals surface area contributed by atoms with Gasteiger partial charge in [0.25, 0.3) is 0 Å². The molecule has 0 aromatic carbocycles. The number of nitrogens with one attached hydrogen (secondary N) is 1. The molecule has 5 heteroatoms. The summed E-state index contributed by atoms with van der Waals surface area (Å²) < 4.78 is -0.227. The number of primary amides is 1. The van der Waals surface area contributed by atoms with Crippen molar-refractivity contribution in [1.82, 2.24) is 5.32 Å². The van der Waals surface area contributed by atoms with Crippen LogP contribution in [0.1, 0.15) is 6.92 Å². The molecule has 0 saturated heterocycles. The van der Waals surface area contributed by atoms with Gasteiger partial charge in [-0.3, -0.25) is 10.1 Å². The summed E-state index contributed by atoms with van der Waals surface area (Å²) in [6, 6.07) is -0.802. The van der Waals surface area contributed by atoms with Crippen LogP contribution in [0, 0.1) is 0 Å². The molecular weight excluding hydrogens is 235 g/mol. The minimum Gasteiger partial charge on any atom is -0.351 e. The first-order valence-corrected chi connectivity index (χ1v) is 3.53. The second-order valence-electron chi connectivity index (χ2n) is 1.47. The molecule has 0 rings (SSSR count).